The zero-order chi connectivity index (χ0) is 15.4. The summed E-state index contributed by atoms with van der Waals surface area (Å²) in [4.78, 5) is 10.6. The van der Waals surface area contributed by atoms with Gasteiger partial charge in [-0.15, -0.1) is 0 Å². The minimum atomic E-state index is -0.343. The molecular weight excluding hydrogens is 332 g/mol. The van der Waals surface area contributed by atoms with Gasteiger partial charge in [-0.3, -0.25) is 10.1 Å². The van der Waals surface area contributed by atoms with Gasteiger partial charge in [0, 0.05) is 22.6 Å². The predicted octanol–water partition coefficient (Wildman–Crippen LogP) is 4.98. The average Bonchev–Trinajstić information content (AvgIpc) is 2.74. The molecule has 0 heterocycles. The summed E-state index contributed by atoms with van der Waals surface area (Å²) in [6.07, 6.45) is 3.69. The minimum absolute atomic E-state index is 0.133. The minimum Gasteiger partial charge on any atom is -0.381 e. The maximum absolute atomic E-state index is 11.0. The highest BCUT2D eigenvalue weighted by Gasteiger charge is 2.61. The number of nitrogens with zero attached hydrogens (tertiary/aromatic N) is 1. The number of nitrogens with one attached hydrogen (secondary N) is 1. The van der Waals surface area contributed by atoms with E-state index in [9.17, 15) is 10.1 Å². The summed E-state index contributed by atoms with van der Waals surface area (Å²) < 4.78 is 0.886. The lowest BCUT2D eigenvalue weighted by Gasteiger charge is -2.40. The summed E-state index contributed by atoms with van der Waals surface area (Å²) in [5.74, 6) is 0.748. The number of anilines is 1. The number of nitro benzene ring substituents is 1. The van der Waals surface area contributed by atoms with Crippen LogP contribution in [0.1, 0.15) is 40.0 Å². The number of rotatable bonds is 3. The molecule has 21 heavy (non-hydrogen) atoms. The molecular formula is C16H21BrN2O2. The van der Waals surface area contributed by atoms with Gasteiger partial charge in [0.25, 0.3) is 5.69 Å². The van der Waals surface area contributed by atoms with Crippen molar-refractivity contribution in [3.05, 3.63) is 32.8 Å². The number of fused-ring (bicyclic) bond motifs is 2. The molecule has 3 rings (SSSR count). The third kappa shape index (κ3) is 2.08. The Kier molecular flexibility index (Phi) is 3.32. The van der Waals surface area contributed by atoms with Crippen LogP contribution in [0.25, 0.3) is 0 Å². The van der Waals surface area contributed by atoms with Gasteiger partial charge in [-0.05, 0) is 58.0 Å². The molecule has 0 saturated heterocycles. The summed E-state index contributed by atoms with van der Waals surface area (Å²) >= 11 is 3.50. The zero-order valence-electron chi connectivity index (χ0n) is 12.6. The number of benzene rings is 1. The highest BCUT2D eigenvalue weighted by atomic mass is 79.9. The molecule has 3 atom stereocenters. The van der Waals surface area contributed by atoms with E-state index < -0.39 is 0 Å². The van der Waals surface area contributed by atoms with Crippen molar-refractivity contribution in [1.82, 2.24) is 0 Å². The van der Waals surface area contributed by atoms with E-state index in [0.717, 1.165) is 22.5 Å². The molecule has 1 N–H and O–H groups in total. The normalized spacial score (nSPS) is 33.1. The van der Waals surface area contributed by atoms with Gasteiger partial charge in [0.1, 0.15) is 0 Å². The molecule has 2 bridgehead atoms. The Labute approximate surface area is 133 Å². The van der Waals surface area contributed by atoms with Crippen LogP contribution in [0.2, 0.25) is 0 Å². The van der Waals surface area contributed by atoms with Crippen LogP contribution in [0, 0.1) is 26.9 Å². The highest BCUT2D eigenvalue weighted by Crippen LogP contribution is 2.66. The average molecular weight is 353 g/mol. The van der Waals surface area contributed by atoms with Crippen molar-refractivity contribution in [2.24, 2.45) is 16.7 Å². The molecule has 2 aliphatic rings. The number of hydrogen-bond acceptors (Lipinski definition) is 3. The Bertz CT molecular complexity index is 602. The second kappa shape index (κ2) is 4.70. The zero-order valence-corrected chi connectivity index (χ0v) is 14.2. The predicted molar refractivity (Wildman–Crippen MR) is 87.4 cm³/mol. The quantitative estimate of drug-likeness (QED) is 0.616. The van der Waals surface area contributed by atoms with Crippen LogP contribution in [0.3, 0.4) is 0 Å². The molecule has 3 unspecified atom stereocenters. The first-order valence-corrected chi connectivity index (χ1v) is 8.25. The van der Waals surface area contributed by atoms with Gasteiger partial charge in [0.15, 0.2) is 0 Å². The van der Waals surface area contributed by atoms with Crippen LogP contribution in [0.5, 0.6) is 0 Å². The molecule has 2 fully saturated rings. The maximum atomic E-state index is 11.0. The number of halogens is 1. The monoisotopic (exact) mass is 352 g/mol. The Morgan fingerprint density at radius 2 is 2.10 bits per heavy atom. The lowest BCUT2D eigenvalue weighted by molar-refractivity contribution is -0.384. The lowest BCUT2D eigenvalue weighted by Crippen LogP contribution is -2.40. The van der Waals surface area contributed by atoms with E-state index in [1.54, 1.807) is 12.1 Å². The van der Waals surface area contributed by atoms with Crippen LogP contribution < -0.4 is 5.32 Å². The first-order chi connectivity index (χ1) is 9.75. The van der Waals surface area contributed by atoms with Crippen molar-refractivity contribution in [2.45, 2.75) is 46.1 Å². The van der Waals surface area contributed by atoms with Crippen molar-refractivity contribution in [2.75, 3.05) is 5.32 Å². The van der Waals surface area contributed by atoms with Crippen LogP contribution >= 0.6 is 15.9 Å². The fourth-order valence-electron chi connectivity index (χ4n) is 4.35. The standard InChI is InChI=1S/C16H21BrN2O2/c1-15(2)10-6-7-16(15,3)14(8-10)18-13-9-11(19(20)21)4-5-12(13)17/h4-5,9-10,14,18H,6-8H2,1-3H3. The third-order valence-electron chi connectivity index (χ3n) is 6.28. The van der Waals surface area contributed by atoms with Gasteiger partial charge in [0.05, 0.1) is 10.6 Å². The van der Waals surface area contributed by atoms with Crippen LogP contribution in [0.15, 0.2) is 22.7 Å². The van der Waals surface area contributed by atoms with E-state index in [-0.39, 0.29) is 16.0 Å². The second-order valence-electron chi connectivity index (χ2n) is 7.23. The van der Waals surface area contributed by atoms with Crippen LogP contribution in [-0.4, -0.2) is 11.0 Å². The SMILES string of the molecule is CC1(C)C2CCC1(C)C(Nc1cc([N+](=O)[O-])ccc1Br)C2. The molecule has 0 amide bonds. The Balaban J connectivity index is 1.89. The van der Waals surface area contributed by atoms with Gasteiger partial charge in [-0.25, -0.2) is 0 Å². The summed E-state index contributed by atoms with van der Waals surface area (Å²) in [5, 5.41) is 14.5. The van der Waals surface area contributed by atoms with Crippen molar-refractivity contribution >= 4 is 27.3 Å². The van der Waals surface area contributed by atoms with Gasteiger partial charge >= 0.3 is 0 Å². The smallest absolute Gasteiger partial charge is 0.271 e. The number of nitro groups is 1. The first kappa shape index (κ1) is 14.8. The summed E-state index contributed by atoms with van der Waals surface area (Å²) in [6, 6.07) is 5.29. The molecule has 0 aromatic heterocycles. The first-order valence-electron chi connectivity index (χ1n) is 7.46. The topological polar surface area (TPSA) is 55.2 Å². The maximum Gasteiger partial charge on any atom is 0.271 e. The summed E-state index contributed by atoms with van der Waals surface area (Å²) in [6.45, 7) is 7.10. The van der Waals surface area contributed by atoms with Crippen molar-refractivity contribution in [1.29, 1.82) is 0 Å². The molecule has 114 valence electrons. The molecule has 2 aliphatic carbocycles. The van der Waals surface area contributed by atoms with Crippen molar-refractivity contribution in [3.8, 4) is 0 Å². The molecule has 5 heteroatoms. The molecule has 1 aromatic rings. The van der Waals surface area contributed by atoms with Gasteiger partial charge in [-0.2, -0.15) is 0 Å². The van der Waals surface area contributed by atoms with Crippen molar-refractivity contribution in [3.63, 3.8) is 0 Å². The molecule has 2 saturated carbocycles. The number of hydrogen-bond donors (Lipinski definition) is 1. The van der Waals surface area contributed by atoms with E-state index in [1.165, 1.54) is 18.9 Å². The van der Waals surface area contributed by atoms with Crippen LogP contribution in [-0.2, 0) is 0 Å². The molecule has 1 aromatic carbocycles. The van der Waals surface area contributed by atoms with E-state index >= 15 is 0 Å². The Morgan fingerprint density at radius 1 is 1.38 bits per heavy atom. The Morgan fingerprint density at radius 3 is 2.62 bits per heavy atom. The van der Waals surface area contributed by atoms with Gasteiger partial charge in [0.2, 0.25) is 0 Å². The van der Waals surface area contributed by atoms with E-state index in [0.29, 0.717) is 11.5 Å². The summed E-state index contributed by atoms with van der Waals surface area (Å²) in [7, 11) is 0. The molecule has 4 nitrogen and oxygen atoms in total. The highest BCUT2D eigenvalue weighted by molar-refractivity contribution is 9.10. The van der Waals surface area contributed by atoms with E-state index in [4.69, 9.17) is 0 Å². The molecule has 0 spiro atoms. The van der Waals surface area contributed by atoms with E-state index in [2.05, 4.69) is 42.0 Å². The van der Waals surface area contributed by atoms with Crippen LogP contribution in [0.4, 0.5) is 11.4 Å². The fourth-order valence-corrected chi connectivity index (χ4v) is 4.71. The molecule has 0 aliphatic heterocycles. The second-order valence-corrected chi connectivity index (χ2v) is 8.08. The van der Waals surface area contributed by atoms with Gasteiger partial charge < -0.3 is 5.32 Å². The van der Waals surface area contributed by atoms with E-state index in [1.807, 2.05) is 0 Å². The Hall–Kier alpha value is -1.10. The third-order valence-corrected chi connectivity index (χ3v) is 6.98. The summed E-state index contributed by atoms with van der Waals surface area (Å²) in [5.41, 5.74) is 1.55. The fraction of sp³-hybridized carbons (Fsp3) is 0.625. The van der Waals surface area contributed by atoms with Gasteiger partial charge in [-0.1, -0.05) is 20.8 Å². The van der Waals surface area contributed by atoms with Crippen molar-refractivity contribution < 1.29 is 4.92 Å². The largest absolute Gasteiger partial charge is 0.381 e. The number of non-ortho nitro benzene ring substituents is 1. The molecule has 0 radical (unpaired) electrons. The lowest BCUT2D eigenvalue weighted by atomic mass is 9.69.